The van der Waals surface area contributed by atoms with Gasteiger partial charge in [0.05, 0.1) is 29.3 Å². The number of ether oxygens (including phenoxy) is 2. The second kappa shape index (κ2) is 8.79. The molecule has 3 aromatic carbocycles. The molecule has 0 aliphatic heterocycles. The highest BCUT2D eigenvalue weighted by molar-refractivity contribution is 9.10. The number of esters is 1. The number of carbonyl (C=O) groups excluding carboxylic acids is 1. The van der Waals surface area contributed by atoms with E-state index in [4.69, 9.17) is 14.5 Å². The minimum absolute atomic E-state index is 0.118. The molecule has 0 bridgehead atoms. The number of nitrogens with zero attached hydrogens (tertiary/aromatic N) is 1. The van der Waals surface area contributed by atoms with E-state index < -0.39 is 0 Å². The zero-order chi connectivity index (χ0) is 22.9. The van der Waals surface area contributed by atoms with E-state index in [9.17, 15) is 4.79 Å². The van der Waals surface area contributed by atoms with Crippen LogP contribution < -0.4 is 4.74 Å². The summed E-state index contributed by atoms with van der Waals surface area (Å²) >= 11 is 3.54. The third kappa shape index (κ3) is 4.70. The number of rotatable bonds is 5. The molecule has 0 radical (unpaired) electrons. The first-order valence-corrected chi connectivity index (χ1v) is 11.1. The smallest absolute Gasteiger partial charge is 0.337 e. The van der Waals surface area contributed by atoms with Crippen LogP contribution in [-0.4, -0.2) is 23.0 Å². The van der Waals surface area contributed by atoms with Gasteiger partial charge in [0.15, 0.2) is 0 Å². The Morgan fingerprint density at radius 2 is 1.78 bits per heavy atom. The van der Waals surface area contributed by atoms with Crippen molar-refractivity contribution in [3.05, 3.63) is 81.8 Å². The lowest BCUT2D eigenvalue weighted by Gasteiger charge is -2.19. The van der Waals surface area contributed by atoms with Crippen LogP contribution in [0.3, 0.4) is 0 Å². The number of methoxy groups -OCH3 is 1. The zero-order valence-corrected chi connectivity index (χ0v) is 20.1. The highest BCUT2D eigenvalue weighted by Crippen LogP contribution is 2.33. The van der Waals surface area contributed by atoms with Crippen LogP contribution in [0.4, 0.5) is 0 Å². The summed E-state index contributed by atoms with van der Waals surface area (Å²) in [7, 11) is 1.37. The van der Waals surface area contributed by atoms with Gasteiger partial charge in [-0.05, 0) is 52.9 Å². The van der Waals surface area contributed by atoms with Gasteiger partial charge >= 0.3 is 5.97 Å². The minimum atomic E-state index is -0.382. The summed E-state index contributed by atoms with van der Waals surface area (Å²) in [4.78, 5) is 19.8. The van der Waals surface area contributed by atoms with Crippen molar-refractivity contribution in [1.82, 2.24) is 9.97 Å². The average molecular weight is 493 g/mol. The van der Waals surface area contributed by atoms with E-state index in [1.807, 2.05) is 18.2 Å². The number of imidazole rings is 1. The van der Waals surface area contributed by atoms with Crippen LogP contribution in [0.1, 0.15) is 42.3 Å². The number of aromatic amines is 1. The van der Waals surface area contributed by atoms with E-state index in [-0.39, 0.29) is 11.4 Å². The molecule has 0 saturated carbocycles. The van der Waals surface area contributed by atoms with Crippen molar-refractivity contribution in [3.8, 4) is 17.1 Å². The fourth-order valence-corrected chi connectivity index (χ4v) is 3.82. The Hall–Kier alpha value is -3.12. The molecule has 0 atom stereocenters. The highest BCUT2D eigenvalue weighted by Gasteiger charge is 2.15. The fourth-order valence-electron chi connectivity index (χ4n) is 3.46. The monoisotopic (exact) mass is 492 g/mol. The van der Waals surface area contributed by atoms with Crippen molar-refractivity contribution in [2.75, 3.05) is 7.11 Å². The number of hydrogen-bond donors (Lipinski definition) is 1. The summed E-state index contributed by atoms with van der Waals surface area (Å²) in [5.41, 5.74) is 5.33. The third-order valence-corrected chi connectivity index (χ3v) is 5.81. The van der Waals surface area contributed by atoms with Crippen LogP contribution in [0.2, 0.25) is 0 Å². The minimum Gasteiger partial charge on any atom is -0.488 e. The summed E-state index contributed by atoms with van der Waals surface area (Å²) < 4.78 is 11.9. The Bertz CT molecular complexity index is 1270. The van der Waals surface area contributed by atoms with Gasteiger partial charge in [0.1, 0.15) is 18.2 Å². The first-order chi connectivity index (χ1) is 15.2. The van der Waals surface area contributed by atoms with Crippen molar-refractivity contribution < 1.29 is 14.3 Å². The van der Waals surface area contributed by atoms with Crippen LogP contribution in [0.25, 0.3) is 22.4 Å². The molecule has 0 aliphatic carbocycles. The van der Waals surface area contributed by atoms with Crippen LogP contribution in [0.15, 0.2) is 65.1 Å². The zero-order valence-electron chi connectivity index (χ0n) is 18.5. The Kier molecular flexibility index (Phi) is 6.07. The van der Waals surface area contributed by atoms with Crippen LogP contribution in [-0.2, 0) is 16.8 Å². The molecule has 6 heteroatoms. The average Bonchev–Trinajstić information content (AvgIpc) is 3.20. The molecule has 1 heterocycles. The van der Waals surface area contributed by atoms with E-state index in [0.29, 0.717) is 18.0 Å². The van der Waals surface area contributed by atoms with Crippen LogP contribution in [0.5, 0.6) is 5.75 Å². The summed E-state index contributed by atoms with van der Waals surface area (Å²) in [6.07, 6.45) is 0. The summed E-state index contributed by atoms with van der Waals surface area (Å²) in [6.45, 7) is 7.06. The van der Waals surface area contributed by atoms with Gasteiger partial charge in [-0.3, -0.25) is 0 Å². The molecule has 0 amide bonds. The van der Waals surface area contributed by atoms with Gasteiger partial charge < -0.3 is 14.5 Å². The largest absolute Gasteiger partial charge is 0.488 e. The van der Waals surface area contributed by atoms with E-state index in [1.165, 1.54) is 12.7 Å². The third-order valence-electron chi connectivity index (χ3n) is 5.31. The number of fused-ring (bicyclic) bond motifs is 1. The van der Waals surface area contributed by atoms with E-state index >= 15 is 0 Å². The van der Waals surface area contributed by atoms with Crippen LogP contribution >= 0.6 is 15.9 Å². The molecule has 4 rings (SSSR count). The number of hydrogen-bond acceptors (Lipinski definition) is 4. The lowest BCUT2D eigenvalue weighted by atomic mass is 9.87. The maximum absolute atomic E-state index is 11.8. The Labute approximate surface area is 195 Å². The number of H-pyrrole nitrogens is 1. The molecule has 1 aromatic heterocycles. The van der Waals surface area contributed by atoms with Crippen molar-refractivity contribution in [2.24, 2.45) is 0 Å². The molecule has 0 unspecified atom stereocenters. The quantitative estimate of drug-likeness (QED) is 0.316. The lowest BCUT2D eigenvalue weighted by Crippen LogP contribution is -2.10. The van der Waals surface area contributed by atoms with Gasteiger partial charge in [0, 0.05) is 4.47 Å². The molecule has 0 fully saturated rings. The molecule has 1 N–H and O–H groups in total. The summed E-state index contributed by atoms with van der Waals surface area (Å²) in [6, 6.07) is 19.6. The first-order valence-electron chi connectivity index (χ1n) is 10.3. The van der Waals surface area contributed by atoms with Crippen molar-refractivity contribution >= 4 is 32.9 Å². The topological polar surface area (TPSA) is 64.2 Å². The second-order valence-corrected chi connectivity index (χ2v) is 9.60. The maximum Gasteiger partial charge on any atom is 0.337 e. The molecular weight excluding hydrogens is 468 g/mol. The van der Waals surface area contributed by atoms with E-state index in [2.05, 4.69) is 66.0 Å². The fraction of sp³-hybridized carbons (Fsp3) is 0.231. The summed E-state index contributed by atoms with van der Waals surface area (Å²) in [5.74, 6) is 1.01. The number of carbonyl (C=O) groups is 1. The molecule has 0 spiro atoms. The van der Waals surface area contributed by atoms with Crippen molar-refractivity contribution in [2.45, 2.75) is 32.8 Å². The predicted molar refractivity (Wildman–Crippen MR) is 130 cm³/mol. The van der Waals surface area contributed by atoms with Gasteiger partial charge in [0.25, 0.3) is 0 Å². The van der Waals surface area contributed by atoms with Crippen molar-refractivity contribution in [3.63, 3.8) is 0 Å². The number of halogens is 1. The standard InChI is InChI=1S/C26H25BrN2O3/c1-26(2,3)18-8-5-16(6-9-18)15-32-23-12-10-19(27)14-20(23)24-28-21-11-7-17(25(30)31-4)13-22(21)29-24/h5-14H,15H2,1-4H3,(H,28,29). The van der Waals surface area contributed by atoms with Crippen LogP contribution in [0, 0.1) is 0 Å². The second-order valence-electron chi connectivity index (χ2n) is 8.68. The molecule has 0 aliphatic rings. The summed E-state index contributed by atoms with van der Waals surface area (Å²) in [5, 5.41) is 0. The highest BCUT2D eigenvalue weighted by atomic mass is 79.9. The molecule has 32 heavy (non-hydrogen) atoms. The maximum atomic E-state index is 11.8. The van der Waals surface area contributed by atoms with Gasteiger partial charge in [-0.2, -0.15) is 0 Å². The van der Waals surface area contributed by atoms with Gasteiger partial charge in [0.2, 0.25) is 0 Å². The number of aromatic nitrogens is 2. The van der Waals surface area contributed by atoms with E-state index in [0.717, 1.165) is 32.4 Å². The molecular formula is C26H25BrN2O3. The van der Waals surface area contributed by atoms with Gasteiger partial charge in [-0.15, -0.1) is 0 Å². The first kappa shape index (κ1) is 22.1. The Morgan fingerprint density at radius 3 is 2.47 bits per heavy atom. The number of benzene rings is 3. The molecule has 4 aromatic rings. The Morgan fingerprint density at radius 1 is 1.03 bits per heavy atom. The SMILES string of the molecule is COC(=O)c1ccc2nc(-c3cc(Br)ccc3OCc3ccc(C(C)(C)C)cc3)[nH]c2c1. The normalized spacial score (nSPS) is 11.5. The number of nitrogens with one attached hydrogen (secondary N) is 1. The van der Waals surface area contributed by atoms with Crippen molar-refractivity contribution in [1.29, 1.82) is 0 Å². The lowest BCUT2D eigenvalue weighted by molar-refractivity contribution is 0.0601. The van der Waals surface area contributed by atoms with E-state index in [1.54, 1.807) is 18.2 Å². The molecule has 5 nitrogen and oxygen atoms in total. The molecule has 0 saturated heterocycles. The predicted octanol–water partition coefficient (Wildman–Crippen LogP) is 6.66. The van der Waals surface area contributed by atoms with Gasteiger partial charge in [-0.1, -0.05) is 61.0 Å². The Balaban J connectivity index is 1.62. The molecule has 164 valence electrons. The van der Waals surface area contributed by atoms with Gasteiger partial charge in [-0.25, -0.2) is 9.78 Å².